The average molecular weight is 528 g/mol. The zero-order valence-corrected chi connectivity index (χ0v) is 22.8. The summed E-state index contributed by atoms with van der Waals surface area (Å²) in [5.74, 6) is 2.51. The van der Waals surface area contributed by atoms with E-state index in [1.807, 2.05) is 54.6 Å². The number of anilines is 1. The predicted molar refractivity (Wildman–Crippen MR) is 155 cm³/mol. The van der Waals surface area contributed by atoms with Crippen LogP contribution in [0.4, 0.5) is 5.69 Å². The molecule has 4 rings (SSSR count). The molecule has 4 aromatic rings. The molecule has 0 unspecified atom stereocenters. The maximum atomic E-state index is 5.90. The van der Waals surface area contributed by atoms with Crippen molar-refractivity contribution in [1.29, 1.82) is 0 Å². The van der Waals surface area contributed by atoms with E-state index in [1.54, 1.807) is 14.2 Å². The topological polar surface area (TPSA) is 49.4 Å². The van der Waals surface area contributed by atoms with Crippen LogP contribution in [-0.4, -0.2) is 40.6 Å². The molecule has 0 saturated carbocycles. The van der Waals surface area contributed by atoms with Gasteiger partial charge in [-0.05, 0) is 65.2 Å². The molecule has 0 spiro atoms. The number of ether oxygens (including phenoxy) is 5. The lowest BCUT2D eigenvalue weighted by Gasteiger charge is -2.26. The van der Waals surface area contributed by atoms with Crippen molar-refractivity contribution in [2.75, 3.05) is 45.5 Å². The third-order valence-electron chi connectivity index (χ3n) is 6.20. The number of hydrogen-bond acceptors (Lipinski definition) is 6. The Kier molecular flexibility index (Phi) is 11.1. The number of hydrogen-bond donors (Lipinski definition) is 0. The molecule has 0 aliphatic heterocycles. The summed E-state index contributed by atoms with van der Waals surface area (Å²) in [5.41, 5.74) is 4.60. The molecule has 0 saturated heterocycles. The van der Waals surface area contributed by atoms with Crippen LogP contribution in [0.25, 0.3) is 0 Å². The Bertz CT molecular complexity index is 1200. The SMILES string of the molecule is COc1cccc(CN(Cc2cccc(OC)c2)c2ccc(OCCOCCOCc3ccccc3)cc2)c1. The summed E-state index contributed by atoms with van der Waals surface area (Å²) in [5, 5.41) is 0. The first-order valence-electron chi connectivity index (χ1n) is 13.2. The fraction of sp³-hybridized carbons (Fsp3) is 0.273. The van der Waals surface area contributed by atoms with Gasteiger partial charge in [0.1, 0.15) is 23.9 Å². The van der Waals surface area contributed by atoms with E-state index in [4.69, 9.17) is 23.7 Å². The van der Waals surface area contributed by atoms with Crippen LogP contribution in [0.2, 0.25) is 0 Å². The van der Waals surface area contributed by atoms with Crippen molar-refractivity contribution in [3.8, 4) is 17.2 Å². The summed E-state index contributed by atoms with van der Waals surface area (Å²) < 4.78 is 28.1. The molecular weight excluding hydrogens is 490 g/mol. The van der Waals surface area contributed by atoms with Crippen molar-refractivity contribution in [2.45, 2.75) is 19.7 Å². The van der Waals surface area contributed by atoms with Crippen LogP contribution in [0.3, 0.4) is 0 Å². The second-order valence-corrected chi connectivity index (χ2v) is 9.05. The molecule has 204 valence electrons. The fourth-order valence-corrected chi connectivity index (χ4v) is 4.18. The first kappa shape index (κ1) is 28.0. The van der Waals surface area contributed by atoms with Gasteiger partial charge in [-0.25, -0.2) is 0 Å². The summed E-state index contributed by atoms with van der Waals surface area (Å²) in [7, 11) is 3.38. The van der Waals surface area contributed by atoms with Gasteiger partial charge in [-0.1, -0.05) is 54.6 Å². The minimum absolute atomic E-state index is 0.482. The van der Waals surface area contributed by atoms with E-state index in [0.29, 0.717) is 33.0 Å². The lowest BCUT2D eigenvalue weighted by atomic mass is 10.1. The molecule has 0 amide bonds. The smallest absolute Gasteiger partial charge is 0.119 e. The van der Waals surface area contributed by atoms with Crippen molar-refractivity contribution in [1.82, 2.24) is 0 Å². The second-order valence-electron chi connectivity index (χ2n) is 9.05. The summed E-state index contributed by atoms with van der Waals surface area (Å²) in [4.78, 5) is 2.33. The number of rotatable bonds is 16. The molecule has 0 bridgehead atoms. The van der Waals surface area contributed by atoms with Crippen molar-refractivity contribution in [3.63, 3.8) is 0 Å². The molecule has 0 aromatic heterocycles. The minimum atomic E-state index is 0.482. The van der Waals surface area contributed by atoms with E-state index in [9.17, 15) is 0 Å². The van der Waals surface area contributed by atoms with Crippen LogP contribution in [0.15, 0.2) is 103 Å². The number of nitrogens with zero attached hydrogens (tertiary/aromatic N) is 1. The minimum Gasteiger partial charge on any atom is -0.497 e. The standard InChI is InChI=1S/C33H37NO5/c1-35-32-12-6-10-28(22-32)24-34(25-29-11-7-13-33(23-29)36-2)30-14-16-31(17-15-30)39-21-20-37-18-19-38-26-27-8-4-3-5-9-27/h3-17,22-23H,18-21,24-26H2,1-2H3. The van der Waals surface area contributed by atoms with Gasteiger partial charge in [0.25, 0.3) is 0 Å². The molecule has 0 aliphatic carbocycles. The number of methoxy groups -OCH3 is 2. The molecule has 0 heterocycles. The third kappa shape index (κ3) is 9.36. The molecule has 0 radical (unpaired) electrons. The summed E-state index contributed by atoms with van der Waals surface area (Å²) in [6, 6.07) is 34.7. The maximum absolute atomic E-state index is 5.90. The van der Waals surface area contributed by atoms with Crippen molar-refractivity contribution in [3.05, 3.63) is 120 Å². The largest absolute Gasteiger partial charge is 0.497 e. The van der Waals surface area contributed by atoms with Crippen LogP contribution < -0.4 is 19.1 Å². The Morgan fingerprint density at radius 2 is 1.08 bits per heavy atom. The van der Waals surface area contributed by atoms with E-state index < -0.39 is 0 Å². The third-order valence-corrected chi connectivity index (χ3v) is 6.20. The zero-order valence-electron chi connectivity index (χ0n) is 22.8. The predicted octanol–water partition coefficient (Wildman–Crippen LogP) is 6.52. The van der Waals surface area contributed by atoms with E-state index in [1.165, 1.54) is 11.1 Å². The highest BCUT2D eigenvalue weighted by Crippen LogP contribution is 2.25. The first-order chi connectivity index (χ1) is 19.2. The van der Waals surface area contributed by atoms with Gasteiger partial charge in [0, 0.05) is 18.8 Å². The average Bonchev–Trinajstić information content (AvgIpc) is 2.99. The number of benzene rings is 4. The monoisotopic (exact) mass is 527 g/mol. The first-order valence-corrected chi connectivity index (χ1v) is 13.2. The van der Waals surface area contributed by atoms with Gasteiger partial charge in [0.15, 0.2) is 0 Å². The quantitative estimate of drug-likeness (QED) is 0.155. The fourth-order valence-electron chi connectivity index (χ4n) is 4.18. The van der Waals surface area contributed by atoms with Crippen molar-refractivity contribution < 1.29 is 23.7 Å². The van der Waals surface area contributed by atoms with Crippen molar-refractivity contribution >= 4 is 5.69 Å². The Morgan fingerprint density at radius 3 is 1.69 bits per heavy atom. The molecule has 0 aliphatic rings. The summed E-state index contributed by atoms with van der Waals surface area (Å²) >= 11 is 0. The molecule has 39 heavy (non-hydrogen) atoms. The lowest BCUT2D eigenvalue weighted by molar-refractivity contribution is 0.0303. The van der Waals surface area contributed by atoms with Gasteiger partial charge in [-0.15, -0.1) is 0 Å². The van der Waals surface area contributed by atoms with Gasteiger partial charge in [0.05, 0.1) is 40.6 Å². The normalized spacial score (nSPS) is 10.7. The maximum Gasteiger partial charge on any atom is 0.119 e. The molecule has 0 N–H and O–H groups in total. The molecule has 0 fully saturated rings. The molecule has 0 atom stereocenters. The van der Waals surface area contributed by atoms with E-state index >= 15 is 0 Å². The molecule has 6 nitrogen and oxygen atoms in total. The highest BCUT2D eigenvalue weighted by Gasteiger charge is 2.11. The van der Waals surface area contributed by atoms with Crippen LogP contribution in [0.1, 0.15) is 16.7 Å². The van der Waals surface area contributed by atoms with Gasteiger partial charge in [-0.3, -0.25) is 0 Å². The molecular formula is C33H37NO5. The van der Waals surface area contributed by atoms with E-state index in [2.05, 4.69) is 53.4 Å². The van der Waals surface area contributed by atoms with Crippen LogP contribution in [0, 0.1) is 0 Å². The van der Waals surface area contributed by atoms with E-state index in [-0.39, 0.29) is 0 Å². The van der Waals surface area contributed by atoms with Gasteiger partial charge >= 0.3 is 0 Å². The van der Waals surface area contributed by atoms with E-state index in [0.717, 1.165) is 41.6 Å². The Balaban J connectivity index is 1.28. The molecule has 4 aromatic carbocycles. The lowest BCUT2D eigenvalue weighted by Crippen LogP contribution is -2.22. The summed E-state index contributed by atoms with van der Waals surface area (Å²) in [6.45, 7) is 4.14. The Hall–Kier alpha value is -4.00. The van der Waals surface area contributed by atoms with Gasteiger partial charge in [0.2, 0.25) is 0 Å². The highest BCUT2D eigenvalue weighted by molar-refractivity contribution is 5.51. The molecule has 6 heteroatoms. The Labute approximate surface area is 231 Å². The van der Waals surface area contributed by atoms with Crippen LogP contribution >= 0.6 is 0 Å². The van der Waals surface area contributed by atoms with Gasteiger partial charge in [-0.2, -0.15) is 0 Å². The van der Waals surface area contributed by atoms with Crippen LogP contribution in [0.5, 0.6) is 17.2 Å². The zero-order chi connectivity index (χ0) is 27.1. The summed E-state index contributed by atoms with van der Waals surface area (Å²) in [6.07, 6.45) is 0. The second kappa shape index (κ2) is 15.4. The van der Waals surface area contributed by atoms with Crippen LogP contribution in [-0.2, 0) is 29.2 Å². The van der Waals surface area contributed by atoms with Gasteiger partial charge < -0.3 is 28.6 Å². The Morgan fingerprint density at radius 1 is 0.513 bits per heavy atom. The van der Waals surface area contributed by atoms with Crippen molar-refractivity contribution in [2.24, 2.45) is 0 Å². The highest BCUT2D eigenvalue weighted by atomic mass is 16.5.